The lowest BCUT2D eigenvalue weighted by Crippen LogP contribution is -2.06. The summed E-state index contributed by atoms with van der Waals surface area (Å²) in [5, 5.41) is 13.9. The molecule has 1 aliphatic heterocycles. The van der Waals surface area contributed by atoms with Crippen LogP contribution in [0.4, 0.5) is 5.69 Å². The Morgan fingerprint density at radius 2 is 2.21 bits per heavy atom. The number of hydrogen-bond donors (Lipinski definition) is 2. The Morgan fingerprint density at radius 1 is 1.36 bits per heavy atom. The van der Waals surface area contributed by atoms with Crippen molar-refractivity contribution in [2.24, 2.45) is 4.99 Å². The highest BCUT2D eigenvalue weighted by molar-refractivity contribution is 7.19. The van der Waals surface area contributed by atoms with Crippen molar-refractivity contribution in [2.45, 2.75) is 6.23 Å². The van der Waals surface area contributed by atoms with E-state index in [4.69, 9.17) is 0 Å². The normalized spacial score (nSPS) is 19.4. The number of fused-ring (bicyclic) bond motifs is 3. The molecule has 0 saturated heterocycles. The number of hydrogen-bond acceptors (Lipinski definition) is 4. The second-order valence-electron chi connectivity index (χ2n) is 3.13. The van der Waals surface area contributed by atoms with Crippen LogP contribution in [0.1, 0.15) is 11.1 Å². The fourth-order valence-electron chi connectivity index (χ4n) is 1.64. The Bertz CT molecular complexity index is 518. The Morgan fingerprint density at radius 3 is 3.14 bits per heavy atom. The van der Waals surface area contributed by atoms with Crippen molar-refractivity contribution in [3.8, 4) is 0 Å². The largest absolute Gasteiger partial charge is 0.367 e. The zero-order valence-corrected chi connectivity index (χ0v) is 8.08. The van der Waals surface area contributed by atoms with E-state index < -0.39 is 6.23 Å². The highest BCUT2D eigenvalue weighted by Crippen LogP contribution is 2.40. The molecule has 70 valence electrons. The molecule has 0 bridgehead atoms. The second-order valence-corrected chi connectivity index (χ2v) is 4.22. The van der Waals surface area contributed by atoms with Crippen molar-refractivity contribution < 1.29 is 5.11 Å². The van der Waals surface area contributed by atoms with E-state index in [2.05, 4.69) is 10.3 Å². The van der Waals surface area contributed by atoms with Gasteiger partial charge in [-0.2, -0.15) is 0 Å². The molecule has 1 aliphatic rings. The number of aliphatic hydroxyl groups excluding tert-OH is 1. The van der Waals surface area contributed by atoms with Crippen molar-refractivity contribution in [3.63, 3.8) is 0 Å². The number of thiophene rings is 1. The van der Waals surface area contributed by atoms with E-state index >= 15 is 0 Å². The maximum absolute atomic E-state index is 9.63. The first kappa shape index (κ1) is 7.96. The van der Waals surface area contributed by atoms with E-state index in [9.17, 15) is 5.11 Å². The molecule has 0 spiro atoms. The van der Waals surface area contributed by atoms with Gasteiger partial charge in [-0.05, 0) is 6.07 Å². The Balaban J connectivity index is 2.35. The van der Waals surface area contributed by atoms with Gasteiger partial charge in [-0.3, -0.25) is 0 Å². The molecule has 0 saturated carbocycles. The Kier molecular flexibility index (Phi) is 1.59. The standard InChI is InChI=1S/C10H8N2OS/c13-10-9-8(11-5-12-10)6-3-1-2-4-7(6)14-9/h1-5,10,13H,(H,11,12). The van der Waals surface area contributed by atoms with E-state index in [0.29, 0.717) is 0 Å². The summed E-state index contributed by atoms with van der Waals surface area (Å²) in [5.74, 6) is 0. The maximum atomic E-state index is 9.63. The van der Waals surface area contributed by atoms with Crippen molar-refractivity contribution in [3.05, 3.63) is 29.1 Å². The lowest BCUT2D eigenvalue weighted by Gasteiger charge is -2.11. The van der Waals surface area contributed by atoms with Gasteiger partial charge in [0.15, 0.2) is 6.23 Å². The molecule has 0 amide bonds. The van der Waals surface area contributed by atoms with Crippen LogP contribution in [0.15, 0.2) is 29.3 Å². The summed E-state index contributed by atoms with van der Waals surface area (Å²) in [7, 11) is 0. The number of aliphatic hydroxyl groups is 1. The summed E-state index contributed by atoms with van der Waals surface area (Å²) in [6.07, 6.45) is 0.843. The minimum Gasteiger partial charge on any atom is -0.367 e. The molecule has 1 aromatic carbocycles. The van der Waals surface area contributed by atoms with Gasteiger partial charge in [0.25, 0.3) is 0 Å². The summed E-state index contributed by atoms with van der Waals surface area (Å²) >= 11 is 1.58. The number of rotatable bonds is 0. The first-order valence-electron chi connectivity index (χ1n) is 4.34. The van der Waals surface area contributed by atoms with Crippen LogP contribution in [0.25, 0.3) is 10.1 Å². The quantitative estimate of drug-likeness (QED) is 0.691. The monoisotopic (exact) mass is 204 g/mol. The van der Waals surface area contributed by atoms with Gasteiger partial charge in [-0.1, -0.05) is 18.2 Å². The zero-order chi connectivity index (χ0) is 9.54. The lowest BCUT2D eigenvalue weighted by molar-refractivity contribution is 0.193. The van der Waals surface area contributed by atoms with Crippen LogP contribution in [-0.4, -0.2) is 11.4 Å². The van der Waals surface area contributed by atoms with Crippen LogP contribution >= 0.6 is 11.3 Å². The number of anilines is 1. The minimum atomic E-state index is -0.705. The molecule has 0 fully saturated rings. The van der Waals surface area contributed by atoms with Crippen molar-refractivity contribution in [1.29, 1.82) is 0 Å². The van der Waals surface area contributed by atoms with Gasteiger partial charge in [-0.25, -0.2) is 4.99 Å². The van der Waals surface area contributed by atoms with Gasteiger partial charge in [0, 0.05) is 10.1 Å². The predicted molar refractivity (Wildman–Crippen MR) is 58.9 cm³/mol. The molecule has 2 heterocycles. The van der Waals surface area contributed by atoms with Crippen LogP contribution in [0.5, 0.6) is 0 Å². The van der Waals surface area contributed by atoms with Crippen molar-refractivity contribution in [2.75, 3.05) is 5.32 Å². The van der Waals surface area contributed by atoms with Crippen LogP contribution in [-0.2, 0) is 0 Å². The van der Waals surface area contributed by atoms with Gasteiger partial charge in [0.1, 0.15) is 0 Å². The third-order valence-corrected chi connectivity index (χ3v) is 3.49. The van der Waals surface area contributed by atoms with Gasteiger partial charge in [-0.15, -0.1) is 11.3 Å². The summed E-state index contributed by atoms with van der Waals surface area (Å²) in [6.45, 7) is 0. The molecule has 2 N–H and O–H groups in total. The zero-order valence-electron chi connectivity index (χ0n) is 7.27. The Labute approximate surface area is 84.7 Å². The third kappa shape index (κ3) is 0.981. The maximum Gasteiger partial charge on any atom is 0.184 e. The molecule has 14 heavy (non-hydrogen) atoms. The average molecular weight is 204 g/mol. The van der Waals surface area contributed by atoms with Gasteiger partial charge in [0.2, 0.25) is 0 Å². The van der Waals surface area contributed by atoms with E-state index in [-0.39, 0.29) is 0 Å². The molecular weight excluding hydrogens is 196 g/mol. The molecule has 1 aromatic heterocycles. The average Bonchev–Trinajstić information content (AvgIpc) is 2.59. The SMILES string of the molecule is OC1N=CNc2c1sc1ccccc21. The molecule has 4 heteroatoms. The number of nitrogens with zero attached hydrogens (tertiary/aromatic N) is 1. The fraction of sp³-hybridized carbons (Fsp3) is 0.100. The summed E-state index contributed by atoms with van der Waals surface area (Å²) in [4.78, 5) is 4.79. The molecule has 3 rings (SSSR count). The first-order chi connectivity index (χ1) is 6.86. The lowest BCUT2D eigenvalue weighted by atomic mass is 10.2. The number of nitrogens with one attached hydrogen (secondary N) is 1. The Hall–Kier alpha value is -1.39. The topological polar surface area (TPSA) is 44.6 Å². The predicted octanol–water partition coefficient (Wildman–Crippen LogP) is 2.35. The number of benzene rings is 1. The molecule has 3 nitrogen and oxygen atoms in total. The molecule has 2 aromatic rings. The summed E-state index contributed by atoms with van der Waals surface area (Å²) in [5.41, 5.74) is 0.994. The molecule has 1 unspecified atom stereocenters. The van der Waals surface area contributed by atoms with Gasteiger partial charge >= 0.3 is 0 Å². The minimum absolute atomic E-state index is 0.705. The highest BCUT2D eigenvalue weighted by atomic mass is 32.1. The van der Waals surface area contributed by atoms with Crippen LogP contribution in [0.2, 0.25) is 0 Å². The van der Waals surface area contributed by atoms with Crippen molar-refractivity contribution >= 4 is 33.4 Å². The van der Waals surface area contributed by atoms with E-state index in [1.807, 2.05) is 24.3 Å². The van der Waals surface area contributed by atoms with Crippen LogP contribution in [0, 0.1) is 0 Å². The smallest absolute Gasteiger partial charge is 0.184 e. The number of aliphatic imine (C=N–C) groups is 1. The second kappa shape index (κ2) is 2.80. The van der Waals surface area contributed by atoms with Gasteiger partial charge < -0.3 is 10.4 Å². The fourth-order valence-corrected chi connectivity index (χ4v) is 2.74. The highest BCUT2D eigenvalue weighted by Gasteiger charge is 2.19. The third-order valence-electron chi connectivity index (χ3n) is 2.28. The molecule has 0 radical (unpaired) electrons. The van der Waals surface area contributed by atoms with E-state index in [1.54, 1.807) is 17.7 Å². The summed E-state index contributed by atoms with van der Waals surface area (Å²) < 4.78 is 1.18. The van der Waals surface area contributed by atoms with E-state index in [0.717, 1.165) is 16.0 Å². The molecule has 0 aliphatic carbocycles. The van der Waals surface area contributed by atoms with Crippen molar-refractivity contribution in [1.82, 2.24) is 0 Å². The first-order valence-corrected chi connectivity index (χ1v) is 5.15. The molecular formula is C10H8N2OS. The van der Waals surface area contributed by atoms with Crippen LogP contribution in [0.3, 0.4) is 0 Å². The van der Waals surface area contributed by atoms with E-state index in [1.165, 1.54) is 4.70 Å². The molecule has 1 atom stereocenters. The summed E-state index contributed by atoms with van der Waals surface area (Å²) in [6, 6.07) is 8.09. The van der Waals surface area contributed by atoms with Crippen LogP contribution < -0.4 is 5.32 Å². The van der Waals surface area contributed by atoms with Gasteiger partial charge in [0.05, 0.1) is 16.9 Å².